The Morgan fingerprint density at radius 3 is 2.47 bits per heavy atom. The van der Waals surface area contributed by atoms with Crippen LogP contribution in [0.25, 0.3) is 0 Å². The molecule has 5 nitrogen and oxygen atoms in total. The minimum Gasteiger partial charge on any atom is -0.480 e. The molecule has 0 aromatic heterocycles. The summed E-state index contributed by atoms with van der Waals surface area (Å²) in [6, 6.07) is 8.87. The summed E-state index contributed by atoms with van der Waals surface area (Å²) in [4.78, 5) is 20.2. The molecule has 0 fully saturated rings. The predicted octanol–water partition coefficient (Wildman–Crippen LogP) is 1.81. The van der Waals surface area contributed by atoms with E-state index in [1.807, 2.05) is 6.07 Å². The highest BCUT2D eigenvalue weighted by molar-refractivity contribution is 7.32. The lowest BCUT2D eigenvalue weighted by Crippen LogP contribution is -2.40. The zero-order chi connectivity index (χ0) is 12.9. The van der Waals surface area contributed by atoms with Gasteiger partial charge in [0, 0.05) is 0 Å². The van der Waals surface area contributed by atoms with E-state index in [1.165, 1.54) is 0 Å². The van der Waals surface area contributed by atoms with E-state index >= 15 is 0 Å². The predicted molar refractivity (Wildman–Crippen MR) is 63.3 cm³/mol. The van der Waals surface area contributed by atoms with Gasteiger partial charge in [0.2, 0.25) is 5.78 Å². The molecule has 1 N–H and O–H groups in total. The quantitative estimate of drug-likeness (QED) is 0.788. The van der Waals surface area contributed by atoms with Crippen LogP contribution in [0.4, 0.5) is 0 Å². The Hall–Kier alpha value is -1.16. The molecule has 0 spiro atoms. The number of Topliss-reactive ketones (excluding diaryl/α,β-unsaturated/α-hetero) is 1. The molecular formula is C11H15O5P. The summed E-state index contributed by atoms with van der Waals surface area (Å²) < 4.78 is 20.3. The number of hydrogen-bond donors (Lipinski definition) is 1. The second-order valence-electron chi connectivity index (χ2n) is 3.90. The van der Waals surface area contributed by atoms with Crippen LogP contribution in [-0.2, 0) is 13.9 Å². The molecule has 1 unspecified atom stereocenters. The van der Waals surface area contributed by atoms with Gasteiger partial charge in [-0.25, -0.2) is 0 Å². The molecule has 17 heavy (non-hydrogen) atoms. The normalized spacial score (nSPS) is 13.1. The molecule has 6 heteroatoms. The standard InChI is InChI=1S/C11H15O5P/c1-11(2,10(12)8-15-17(13)14)16-9-6-4-3-5-7-9/h3-7,17H,8H2,1-2H3,(H,13,14). The van der Waals surface area contributed by atoms with E-state index in [2.05, 4.69) is 4.52 Å². The monoisotopic (exact) mass is 258 g/mol. The Labute approximate surface area is 100 Å². The second-order valence-corrected chi connectivity index (χ2v) is 4.72. The third-order valence-corrected chi connectivity index (χ3v) is 2.51. The van der Waals surface area contributed by atoms with Crippen molar-refractivity contribution in [1.29, 1.82) is 0 Å². The highest BCUT2D eigenvalue weighted by Gasteiger charge is 2.29. The van der Waals surface area contributed by atoms with E-state index in [-0.39, 0.29) is 0 Å². The van der Waals surface area contributed by atoms with Crippen LogP contribution >= 0.6 is 8.25 Å². The molecule has 1 rings (SSSR count). The van der Waals surface area contributed by atoms with Gasteiger partial charge >= 0.3 is 8.25 Å². The van der Waals surface area contributed by atoms with Gasteiger partial charge in [-0.05, 0) is 26.0 Å². The van der Waals surface area contributed by atoms with Gasteiger partial charge in [0.25, 0.3) is 0 Å². The first kappa shape index (κ1) is 13.9. The number of rotatable bonds is 6. The summed E-state index contributed by atoms with van der Waals surface area (Å²) in [7, 11) is -3.09. The number of hydrogen-bond acceptors (Lipinski definition) is 4. The fourth-order valence-corrected chi connectivity index (χ4v) is 1.40. The van der Waals surface area contributed by atoms with Gasteiger partial charge in [0.05, 0.1) is 0 Å². The maximum Gasteiger partial charge on any atom is 0.317 e. The fraction of sp³-hybridized carbons (Fsp3) is 0.364. The molecule has 0 radical (unpaired) electrons. The van der Waals surface area contributed by atoms with Crippen molar-refractivity contribution in [2.75, 3.05) is 6.61 Å². The van der Waals surface area contributed by atoms with Gasteiger partial charge in [-0.15, -0.1) is 0 Å². The minimum atomic E-state index is -3.09. The first-order chi connectivity index (χ1) is 7.92. The number of carbonyl (C=O) groups excluding carboxylic acids is 1. The minimum absolute atomic E-state index is 0.395. The van der Waals surface area contributed by atoms with Gasteiger partial charge in [-0.3, -0.25) is 9.36 Å². The van der Waals surface area contributed by atoms with Crippen molar-refractivity contribution in [1.82, 2.24) is 0 Å². The summed E-state index contributed by atoms with van der Waals surface area (Å²) in [6.07, 6.45) is 0. The van der Waals surface area contributed by atoms with E-state index in [0.717, 1.165) is 0 Å². The van der Waals surface area contributed by atoms with Crippen molar-refractivity contribution in [3.63, 3.8) is 0 Å². The molecule has 0 aliphatic heterocycles. The van der Waals surface area contributed by atoms with Gasteiger partial charge in [0.1, 0.15) is 12.4 Å². The molecule has 94 valence electrons. The number of para-hydroxylation sites is 1. The lowest BCUT2D eigenvalue weighted by Gasteiger charge is -2.24. The smallest absolute Gasteiger partial charge is 0.317 e. The first-order valence-electron chi connectivity index (χ1n) is 5.05. The summed E-state index contributed by atoms with van der Waals surface area (Å²) in [5.41, 5.74) is -1.10. The molecule has 1 aromatic rings. The second kappa shape index (κ2) is 5.96. The van der Waals surface area contributed by atoms with Crippen LogP contribution < -0.4 is 4.74 Å². The topological polar surface area (TPSA) is 72.8 Å². The van der Waals surface area contributed by atoms with Gasteiger partial charge in [-0.2, -0.15) is 0 Å². The Kier molecular flexibility index (Phi) is 4.87. The van der Waals surface area contributed by atoms with Crippen LogP contribution in [0.15, 0.2) is 30.3 Å². The molecular weight excluding hydrogens is 243 g/mol. The summed E-state index contributed by atoms with van der Waals surface area (Å²) >= 11 is 0. The highest BCUT2D eigenvalue weighted by atomic mass is 31.1. The number of ether oxygens (including phenoxy) is 1. The lowest BCUT2D eigenvalue weighted by atomic mass is 10.0. The molecule has 0 aliphatic carbocycles. The van der Waals surface area contributed by atoms with Crippen LogP contribution in [0, 0.1) is 0 Å². The summed E-state index contributed by atoms with van der Waals surface area (Å²) in [6.45, 7) is 2.73. The van der Waals surface area contributed by atoms with Gasteiger partial charge in [-0.1, -0.05) is 18.2 Å². The molecule has 0 heterocycles. The molecule has 0 saturated heterocycles. The molecule has 0 bridgehead atoms. The number of benzene rings is 1. The molecule has 1 aromatic carbocycles. The van der Waals surface area contributed by atoms with Crippen LogP contribution in [0.3, 0.4) is 0 Å². The van der Waals surface area contributed by atoms with Crippen molar-refractivity contribution < 1.29 is 23.5 Å². The Bertz CT molecular complexity index is 402. The molecule has 0 aliphatic rings. The largest absolute Gasteiger partial charge is 0.480 e. The van der Waals surface area contributed by atoms with E-state index in [1.54, 1.807) is 38.1 Å². The van der Waals surface area contributed by atoms with E-state index < -0.39 is 26.2 Å². The average Bonchev–Trinajstić information content (AvgIpc) is 2.26. The van der Waals surface area contributed by atoms with Crippen LogP contribution in [0.5, 0.6) is 5.75 Å². The fourth-order valence-electron chi connectivity index (χ4n) is 1.14. The van der Waals surface area contributed by atoms with E-state index in [9.17, 15) is 9.36 Å². The number of ketones is 1. The Morgan fingerprint density at radius 1 is 1.35 bits per heavy atom. The van der Waals surface area contributed by atoms with Gasteiger partial charge < -0.3 is 14.2 Å². The van der Waals surface area contributed by atoms with Crippen LogP contribution in [0.1, 0.15) is 13.8 Å². The van der Waals surface area contributed by atoms with Crippen molar-refractivity contribution in [2.45, 2.75) is 19.4 Å². The maximum atomic E-state index is 11.7. The van der Waals surface area contributed by atoms with E-state index in [0.29, 0.717) is 5.75 Å². The van der Waals surface area contributed by atoms with Crippen LogP contribution in [-0.4, -0.2) is 22.9 Å². The SMILES string of the molecule is CC(C)(Oc1ccccc1)C(=O)CO[PH](=O)O. The van der Waals surface area contributed by atoms with Gasteiger partial charge in [0.15, 0.2) is 5.60 Å². The van der Waals surface area contributed by atoms with Crippen molar-refractivity contribution >= 4 is 14.0 Å². The third kappa shape index (κ3) is 4.69. The summed E-state index contributed by atoms with van der Waals surface area (Å²) in [5.74, 6) is 0.163. The van der Waals surface area contributed by atoms with Crippen LogP contribution in [0.2, 0.25) is 0 Å². The Balaban J connectivity index is 2.61. The zero-order valence-corrected chi connectivity index (χ0v) is 10.7. The van der Waals surface area contributed by atoms with Crippen molar-refractivity contribution in [3.8, 4) is 5.75 Å². The number of carbonyl (C=O) groups is 1. The van der Waals surface area contributed by atoms with E-state index in [4.69, 9.17) is 9.63 Å². The maximum absolute atomic E-state index is 11.7. The Morgan fingerprint density at radius 2 is 1.94 bits per heavy atom. The van der Waals surface area contributed by atoms with Crippen molar-refractivity contribution in [3.05, 3.63) is 30.3 Å². The summed E-state index contributed by atoms with van der Waals surface area (Å²) in [5, 5.41) is 0. The molecule has 0 amide bonds. The zero-order valence-electron chi connectivity index (χ0n) is 9.67. The highest BCUT2D eigenvalue weighted by Crippen LogP contribution is 2.21. The average molecular weight is 258 g/mol. The lowest BCUT2D eigenvalue weighted by molar-refractivity contribution is -0.134. The molecule has 1 atom stereocenters. The third-order valence-electron chi connectivity index (χ3n) is 2.11. The first-order valence-corrected chi connectivity index (χ1v) is 6.31. The van der Waals surface area contributed by atoms with Crippen molar-refractivity contribution in [2.24, 2.45) is 0 Å². The molecule has 0 saturated carbocycles.